The van der Waals surface area contributed by atoms with Crippen LogP contribution in [0, 0.1) is 0 Å². The van der Waals surface area contributed by atoms with Crippen LogP contribution in [-0.2, 0) is 15.3 Å². The molecule has 86 valence electrons. The van der Waals surface area contributed by atoms with Gasteiger partial charge in [-0.15, -0.1) is 0 Å². The van der Waals surface area contributed by atoms with Crippen LogP contribution in [0.1, 0.15) is 36.2 Å². The van der Waals surface area contributed by atoms with Crippen molar-refractivity contribution in [2.45, 2.75) is 26.1 Å². The Bertz CT molecular complexity index is 392. The highest BCUT2D eigenvalue weighted by molar-refractivity contribution is 5.94. The predicted molar refractivity (Wildman–Crippen MR) is 60.3 cm³/mol. The Balaban J connectivity index is 2.31. The fourth-order valence-corrected chi connectivity index (χ4v) is 1.82. The predicted octanol–water partition coefficient (Wildman–Crippen LogP) is 2.50. The normalized spacial score (nSPS) is 19.4. The van der Waals surface area contributed by atoms with Gasteiger partial charge in [0.05, 0.1) is 13.2 Å². The van der Waals surface area contributed by atoms with Crippen LogP contribution in [0.25, 0.3) is 0 Å². The summed E-state index contributed by atoms with van der Waals surface area (Å²) < 4.78 is 11.3. The molecule has 0 saturated carbocycles. The zero-order valence-corrected chi connectivity index (χ0v) is 9.66. The second kappa shape index (κ2) is 4.36. The van der Waals surface area contributed by atoms with Crippen molar-refractivity contribution in [2.24, 2.45) is 0 Å². The molecule has 3 heteroatoms. The lowest BCUT2D eigenvalue weighted by Gasteiger charge is -2.34. The van der Waals surface area contributed by atoms with Crippen molar-refractivity contribution in [1.29, 1.82) is 0 Å². The van der Waals surface area contributed by atoms with Gasteiger partial charge in [-0.3, -0.25) is 4.79 Å². The Hall–Kier alpha value is -1.19. The van der Waals surface area contributed by atoms with Crippen LogP contribution in [0.15, 0.2) is 24.3 Å². The highest BCUT2D eigenvalue weighted by Gasteiger charge is 2.31. The van der Waals surface area contributed by atoms with Crippen molar-refractivity contribution in [2.75, 3.05) is 13.2 Å². The minimum absolute atomic E-state index is 0.0567. The third-order valence-electron chi connectivity index (χ3n) is 2.84. The summed E-state index contributed by atoms with van der Waals surface area (Å²) in [5.74, 6) is -0.648. The number of ketones is 1. The smallest absolute Gasteiger partial charge is 0.191 e. The van der Waals surface area contributed by atoms with E-state index in [0.717, 1.165) is 12.0 Å². The van der Waals surface area contributed by atoms with Crippen molar-refractivity contribution < 1.29 is 14.3 Å². The molecule has 0 amide bonds. The number of hydrogen-bond donors (Lipinski definition) is 0. The van der Waals surface area contributed by atoms with Crippen LogP contribution >= 0.6 is 0 Å². The summed E-state index contributed by atoms with van der Waals surface area (Å²) >= 11 is 0. The summed E-state index contributed by atoms with van der Waals surface area (Å²) in [4.78, 5) is 11.3. The van der Waals surface area contributed by atoms with E-state index in [1.807, 2.05) is 25.1 Å². The minimum Gasteiger partial charge on any atom is -0.346 e. The standard InChI is InChI=1S/C13H16O3/c1-10(14)11-5-3-6-12(9-11)13(2)15-7-4-8-16-13/h3,5-6,9H,4,7-8H2,1-2H3. The number of carbonyl (C=O) groups excluding carboxylic acids is 1. The summed E-state index contributed by atoms with van der Waals surface area (Å²) in [5, 5.41) is 0. The summed E-state index contributed by atoms with van der Waals surface area (Å²) in [6, 6.07) is 7.43. The largest absolute Gasteiger partial charge is 0.346 e. The van der Waals surface area contributed by atoms with E-state index in [0.29, 0.717) is 18.8 Å². The molecule has 0 aliphatic carbocycles. The van der Waals surface area contributed by atoms with E-state index in [9.17, 15) is 4.79 Å². The number of benzene rings is 1. The van der Waals surface area contributed by atoms with Gasteiger partial charge in [-0.1, -0.05) is 18.2 Å². The van der Waals surface area contributed by atoms with Gasteiger partial charge in [0, 0.05) is 11.1 Å². The van der Waals surface area contributed by atoms with Crippen LogP contribution < -0.4 is 0 Å². The molecular weight excluding hydrogens is 204 g/mol. The lowest BCUT2D eigenvalue weighted by molar-refractivity contribution is -0.264. The Morgan fingerprint density at radius 2 is 2.00 bits per heavy atom. The van der Waals surface area contributed by atoms with Crippen molar-refractivity contribution in [3.8, 4) is 0 Å². The molecule has 0 aromatic heterocycles. The first kappa shape index (κ1) is 11.3. The molecule has 0 radical (unpaired) electrons. The van der Waals surface area contributed by atoms with Crippen molar-refractivity contribution in [1.82, 2.24) is 0 Å². The summed E-state index contributed by atoms with van der Waals surface area (Å²) in [6.07, 6.45) is 0.919. The van der Waals surface area contributed by atoms with Gasteiger partial charge in [0.25, 0.3) is 0 Å². The lowest BCUT2D eigenvalue weighted by Crippen LogP contribution is -2.35. The van der Waals surface area contributed by atoms with E-state index in [1.54, 1.807) is 13.0 Å². The van der Waals surface area contributed by atoms with Crippen LogP contribution in [0.5, 0.6) is 0 Å². The van der Waals surface area contributed by atoms with Gasteiger partial charge in [-0.2, -0.15) is 0 Å². The molecule has 1 aliphatic heterocycles. The molecule has 1 aliphatic rings. The van der Waals surface area contributed by atoms with Gasteiger partial charge in [-0.05, 0) is 26.3 Å². The Morgan fingerprint density at radius 1 is 1.31 bits per heavy atom. The van der Waals surface area contributed by atoms with E-state index >= 15 is 0 Å². The van der Waals surface area contributed by atoms with Gasteiger partial charge in [-0.25, -0.2) is 0 Å². The fraction of sp³-hybridized carbons (Fsp3) is 0.462. The third kappa shape index (κ3) is 2.15. The average molecular weight is 220 g/mol. The fourth-order valence-electron chi connectivity index (χ4n) is 1.82. The molecule has 3 nitrogen and oxygen atoms in total. The first-order valence-electron chi connectivity index (χ1n) is 5.51. The number of carbonyl (C=O) groups is 1. The quantitative estimate of drug-likeness (QED) is 0.718. The van der Waals surface area contributed by atoms with Gasteiger partial charge in [0.1, 0.15) is 0 Å². The van der Waals surface area contributed by atoms with Crippen LogP contribution in [0.4, 0.5) is 0 Å². The van der Waals surface area contributed by atoms with Crippen molar-refractivity contribution in [3.63, 3.8) is 0 Å². The first-order chi connectivity index (χ1) is 7.62. The van der Waals surface area contributed by atoms with Crippen molar-refractivity contribution >= 4 is 5.78 Å². The van der Waals surface area contributed by atoms with Crippen molar-refractivity contribution in [3.05, 3.63) is 35.4 Å². The van der Waals surface area contributed by atoms with Crippen LogP contribution in [-0.4, -0.2) is 19.0 Å². The number of hydrogen-bond acceptors (Lipinski definition) is 3. The van der Waals surface area contributed by atoms with Gasteiger partial charge >= 0.3 is 0 Å². The molecule has 0 unspecified atom stereocenters. The molecule has 2 rings (SSSR count). The molecule has 1 aromatic carbocycles. The van der Waals surface area contributed by atoms with E-state index in [2.05, 4.69) is 0 Å². The maximum atomic E-state index is 11.3. The second-order valence-electron chi connectivity index (χ2n) is 4.13. The molecule has 1 saturated heterocycles. The monoisotopic (exact) mass is 220 g/mol. The topological polar surface area (TPSA) is 35.5 Å². The summed E-state index contributed by atoms with van der Waals surface area (Å²) in [5.41, 5.74) is 1.59. The molecule has 0 spiro atoms. The van der Waals surface area contributed by atoms with Gasteiger partial charge in [0.2, 0.25) is 0 Å². The minimum atomic E-state index is -0.705. The maximum Gasteiger partial charge on any atom is 0.191 e. The zero-order valence-electron chi connectivity index (χ0n) is 9.66. The van der Waals surface area contributed by atoms with E-state index in [-0.39, 0.29) is 5.78 Å². The molecule has 1 aromatic rings. The molecule has 0 atom stereocenters. The summed E-state index contributed by atoms with van der Waals surface area (Å²) in [7, 11) is 0. The van der Waals surface area contributed by atoms with Gasteiger partial charge in [0.15, 0.2) is 11.6 Å². The third-order valence-corrected chi connectivity index (χ3v) is 2.84. The highest BCUT2D eigenvalue weighted by atomic mass is 16.7. The summed E-state index contributed by atoms with van der Waals surface area (Å²) in [6.45, 7) is 4.84. The Labute approximate surface area is 95.4 Å². The molecule has 1 fully saturated rings. The Morgan fingerprint density at radius 3 is 2.62 bits per heavy atom. The average Bonchev–Trinajstić information content (AvgIpc) is 2.30. The molecular formula is C13H16O3. The Kier molecular flexibility index (Phi) is 3.08. The van der Waals surface area contributed by atoms with E-state index in [1.165, 1.54) is 0 Å². The second-order valence-corrected chi connectivity index (χ2v) is 4.13. The number of ether oxygens (including phenoxy) is 2. The molecule has 0 bridgehead atoms. The number of Topliss-reactive ketones (excluding diaryl/α,β-unsaturated/α-hetero) is 1. The first-order valence-corrected chi connectivity index (χ1v) is 5.51. The van der Waals surface area contributed by atoms with E-state index < -0.39 is 5.79 Å². The van der Waals surface area contributed by atoms with Crippen LogP contribution in [0.2, 0.25) is 0 Å². The maximum absolute atomic E-state index is 11.3. The SMILES string of the molecule is CC(=O)c1cccc(C2(C)OCCCO2)c1. The molecule has 0 N–H and O–H groups in total. The van der Waals surface area contributed by atoms with Crippen LogP contribution in [0.3, 0.4) is 0 Å². The molecule has 16 heavy (non-hydrogen) atoms. The zero-order chi connectivity index (χ0) is 11.6. The highest BCUT2D eigenvalue weighted by Crippen LogP contribution is 2.30. The molecule has 1 heterocycles. The van der Waals surface area contributed by atoms with E-state index in [4.69, 9.17) is 9.47 Å². The lowest BCUT2D eigenvalue weighted by atomic mass is 10.0. The van der Waals surface area contributed by atoms with Gasteiger partial charge < -0.3 is 9.47 Å². The number of rotatable bonds is 2.